The van der Waals surface area contributed by atoms with Gasteiger partial charge in [0, 0.05) is 11.3 Å². The maximum absolute atomic E-state index is 13.0. The van der Waals surface area contributed by atoms with Crippen molar-refractivity contribution in [3.63, 3.8) is 0 Å². The Balaban J connectivity index is 1.92. The largest absolute Gasteiger partial charge is 0.548 e. The molecule has 1 atom stereocenters. The van der Waals surface area contributed by atoms with Crippen LogP contribution >= 0.6 is 0 Å². The molecule has 1 N–H and O–H groups in total. The molecule has 0 fully saturated rings. The van der Waals surface area contributed by atoms with Crippen LogP contribution in [0.2, 0.25) is 0 Å². The molecule has 1 unspecified atom stereocenters. The van der Waals surface area contributed by atoms with Crippen LogP contribution < -0.4 is 9.83 Å². The zero-order valence-corrected chi connectivity index (χ0v) is 15.6. The van der Waals surface area contributed by atoms with E-state index in [9.17, 15) is 31.5 Å². The summed E-state index contributed by atoms with van der Waals surface area (Å²) in [7, 11) is -4.24. The minimum atomic E-state index is -4.67. The van der Waals surface area contributed by atoms with Crippen LogP contribution in [-0.4, -0.2) is 24.2 Å². The van der Waals surface area contributed by atoms with Crippen LogP contribution in [0.25, 0.3) is 0 Å². The Kier molecular flexibility index (Phi) is 5.24. The molecule has 0 bridgehead atoms. The second kappa shape index (κ2) is 7.21. The summed E-state index contributed by atoms with van der Waals surface area (Å²) in [5, 5.41) is 14.8. The number of sulfonamides is 1. The Morgan fingerprint density at radius 3 is 2.71 bits per heavy atom. The lowest BCUT2D eigenvalue weighted by Crippen LogP contribution is -2.32. The van der Waals surface area contributed by atoms with Gasteiger partial charge in [0.1, 0.15) is 0 Å². The first kappa shape index (κ1) is 20.3. The number of alkyl halides is 3. The van der Waals surface area contributed by atoms with Crippen molar-refractivity contribution in [2.45, 2.75) is 49.8 Å². The third-order valence-corrected chi connectivity index (χ3v) is 5.98. The number of carboxylic acids is 1. The zero-order valence-electron chi connectivity index (χ0n) is 14.8. The van der Waals surface area contributed by atoms with Crippen molar-refractivity contribution < 1.29 is 31.5 Å². The first-order chi connectivity index (χ1) is 13.0. The van der Waals surface area contributed by atoms with Crippen molar-refractivity contribution in [1.82, 2.24) is 14.5 Å². The molecule has 0 amide bonds. The number of hydrogen-bond acceptors (Lipinski definition) is 5. The summed E-state index contributed by atoms with van der Waals surface area (Å²) in [6, 6.07) is 1.93. The van der Waals surface area contributed by atoms with Crippen LogP contribution in [0.5, 0.6) is 0 Å². The molecule has 0 spiro atoms. The number of nitrogens with one attached hydrogen (secondary N) is 1. The molecule has 0 radical (unpaired) electrons. The predicted molar refractivity (Wildman–Crippen MR) is 89.4 cm³/mol. The zero-order chi connectivity index (χ0) is 20.7. The Bertz CT molecular complexity index is 1020. The van der Waals surface area contributed by atoms with Gasteiger partial charge in [-0.1, -0.05) is 0 Å². The molecular weight excluding hydrogens is 399 g/mol. The Hall–Kier alpha value is -2.40. The number of halogens is 3. The summed E-state index contributed by atoms with van der Waals surface area (Å²) in [6.07, 6.45) is -1.78. The monoisotopic (exact) mass is 416 g/mol. The lowest BCUT2D eigenvalue weighted by Gasteiger charge is -2.24. The van der Waals surface area contributed by atoms with E-state index in [0.717, 1.165) is 6.07 Å². The fraction of sp³-hybridized carbons (Fsp3) is 0.412. The highest BCUT2D eigenvalue weighted by Gasteiger charge is 2.33. The van der Waals surface area contributed by atoms with Gasteiger partial charge in [-0.25, -0.2) is 13.1 Å². The normalized spacial score (nSPS) is 17.4. The lowest BCUT2D eigenvalue weighted by atomic mass is 9.94. The molecule has 1 aromatic carbocycles. The van der Waals surface area contributed by atoms with Crippen molar-refractivity contribution in [3.8, 4) is 0 Å². The molecule has 3 rings (SSSR count). The maximum Gasteiger partial charge on any atom is 0.416 e. The van der Waals surface area contributed by atoms with Crippen LogP contribution in [0.1, 0.15) is 41.3 Å². The number of rotatable bonds is 5. The number of carbonyl (C=O) groups is 1. The van der Waals surface area contributed by atoms with Crippen molar-refractivity contribution in [1.29, 1.82) is 0 Å². The standard InChI is InChI=1S/C17H18F3N3O4S/c1-10-5-11(17(18,19)20)7-12(6-10)28(26,27)22-14-3-2-4-15-13(14)8-21-23(15)9-16(24)25/h5-8,14,22H,2-4,9H2,1H3,(H,24,25)/p-1. The highest BCUT2D eigenvalue weighted by molar-refractivity contribution is 7.89. The van der Waals surface area contributed by atoms with E-state index in [1.807, 2.05) is 0 Å². The third kappa shape index (κ3) is 4.20. The number of benzene rings is 1. The first-order valence-corrected chi connectivity index (χ1v) is 9.91. The van der Waals surface area contributed by atoms with Gasteiger partial charge in [0.2, 0.25) is 10.0 Å². The minimum Gasteiger partial charge on any atom is -0.548 e. The number of carbonyl (C=O) groups excluding carboxylic acids is 1. The Labute approximate surface area is 159 Å². The van der Waals surface area contributed by atoms with Gasteiger partial charge in [0.05, 0.1) is 35.2 Å². The van der Waals surface area contributed by atoms with Crippen molar-refractivity contribution in [3.05, 3.63) is 46.8 Å². The van der Waals surface area contributed by atoms with E-state index in [2.05, 4.69) is 9.82 Å². The second-order valence-electron chi connectivity index (χ2n) is 6.67. The second-order valence-corrected chi connectivity index (χ2v) is 8.39. The Morgan fingerprint density at radius 2 is 2.07 bits per heavy atom. The van der Waals surface area contributed by atoms with E-state index in [1.54, 1.807) is 0 Å². The number of aryl methyl sites for hydroxylation is 1. The molecule has 0 saturated carbocycles. The summed E-state index contributed by atoms with van der Waals surface area (Å²) in [5.74, 6) is -1.33. The van der Waals surface area contributed by atoms with E-state index in [-0.39, 0.29) is 5.56 Å². The number of aromatic nitrogens is 2. The molecule has 2 aromatic rings. The highest BCUT2D eigenvalue weighted by Crippen LogP contribution is 2.34. The number of fused-ring (bicyclic) bond motifs is 1. The van der Waals surface area contributed by atoms with Crippen LogP contribution in [0.3, 0.4) is 0 Å². The summed E-state index contributed by atoms with van der Waals surface area (Å²) in [4.78, 5) is 10.3. The van der Waals surface area contributed by atoms with Gasteiger partial charge in [-0.2, -0.15) is 18.3 Å². The summed E-state index contributed by atoms with van der Waals surface area (Å²) in [5.41, 5.74) is 0.212. The van der Waals surface area contributed by atoms with E-state index in [1.165, 1.54) is 23.9 Å². The summed E-state index contributed by atoms with van der Waals surface area (Å²) >= 11 is 0. The fourth-order valence-electron chi connectivity index (χ4n) is 3.32. The summed E-state index contributed by atoms with van der Waals surface area (Å²) in [6.45, 7) is 0.929. The smallest absolute Gasteiger partial charge is 0.416 e. The maximum atomic E-state index is 13.0. The van der Waals surface area contributed by atoms with Gasteiger partial charge < -0.3 is 9.90 Å². The number of aliphatic carboxylic acids is 1. The van der Waals surface area contributed by atoms with Gasteiger partial charge in [-0.15, -0.1) is 0 Å². The van der Waals surface area contributed by atoms with Crippen LogP contribution in [0, 0.1) is 6.92 Å². The number of carboxylic acid groups (broad SMARTS) is 1. The van der Waals surface area contributed by atoms with E-state index in [4.69, 9.17) is 0 Å². The summed E-state index contributed by atoms with van der Waals surface area (Å²) < 4.78 is 68.2. The molecule has 28 heavy (non-hydrogen) atoms. The predicted octanol–water partition coefficient (Wildman–Crippen LogP) is 1.32. The van der Waals surface area contributed by atoms with Gasteiger partial charge in [-0.3, -0.25) is 4.68 Å². The average Bonchev–Trinajstić information content (AvgIpc) is 2.97. The molecule has 0 saturated heterocycles. The van der Waals surface area contributed by atoms with Crippen molar-refractivity contribution in [2.24, 2.45) is 0 Å². The molecule has 11 heteroatoms. The van der Waals surface area contributed by atoms with Gasteiger partial charge >= 0.3 is 6.18 Å². The molecular formula is C17H17F3N3O4S-. The number of hydrogen-bond donors (Lipinski definition) is 1. The molecule has 1 heterocycles. The average molecular weight is 416 g/mol. The van der Waals surface area contributed by atoms with Crippen LogP contribution in [-0.2, 0) is 34.0 Å². The molecule has 1 aromatic heterocycles. The van der Waals surface area contributed by atoms with Gasteiger partial charge in [0.25, 0.3) is 0 Å². The molecule has 1 aliphatic carbocycles. The fourth-order valence-corrected chi connectivity index (χ4v) is 4.70. The van der Waals surface area contributed by atoms with Gasteiger partial charge in [-0.05, 0) is 49.9 Å². The quantitative estimate of drug-likeness (QED) is 0.792. The van der Waals surface area contributed by atoms with E-state index >= 15 is 0 Å². The van der Waals surface area contributed by atoms with Crippen molar-refractivity contribution >= 4 is 16.0 Å². The molecule has 0 aliphatic heterocycles. The Morgan fingerprint density at radius 1 is 1.36 bits per heavy atom. The third-order valence-electron chi connectivity index (χ3n) is 4.53. The lowest BCUT2D eigenvalue weighted by molar-refractivity contribution is -0.306. The van der Waals surface area contributed by atoms with Crippen molar-refractivity contribution in [2.75, 3.05) is 0 Å². The first-order valence-electron chi connectivity index (χ1n) is 8.43. The molecule has 7 nitrogen and oxygen atoms in total. The minimum absolute atomic E-state index is 0.168. The highest BCUT2D eigenvalue weighted by atomic mass is 32.2. The topological polar surface area (TPSA) is 104 Å². The number of nitrogens with zero attached hydrogens (tertiary/aromatic N) is 2. The van der Waals surface area contributed by atoms with Crippen LogP contribution in [0.4, 0.5) is 13.2 Å². The van der Waals surface area contributed by atoms with E-state index < -0.39 is 45.2 Å². The molecule has 1 aliphatic rings. The van der Waals surface area contributed by atoms with Gasteiger partial charge in [0.15, 0.2) is 0 Å². The van der Waals surface area contributed by atoms with E-state index in [0.29, 0.717) is 36.6 Å². The van der Waals surface area contributed by atoms with Crippen LogP contribution in [0.15, 0.2) is 29.3 Å². The molecule has 152 valence electrons. The SMILES string of the molecule is Cc1cc(C(F)(F)F)cc(S(=O)(=O)NC2CCCc3c2cnn3CC(=O)[O-])c1.